The number of hydrogen-bond donors (Lipinski definition) is 3. The van der Waals surface area contributed by atoms with Crippen molar-refractivity contribution in [2.45, 2.75) is 50.6 Å². The Hall–Kier alpha value is -0.780. The molecule has 3 aliphatic rings. The number of nitrogens with one attached hydrogen (secondary N) is 3. The van der Waals surface area contributed by atoms with E-state index in [0.717, 1.165) is 39.1 Å². The zero-order valence-corrected chi connectivity index (χ0v) is 15.6. The van der Waals surface area contributed by atoms with Gasteiger partial charge in [-0.25, -0.2) is 4.79 Å². The second-order valence-corrected chi connectivity index (χ2v) is 7.81. The van der Waals surface area contributed by atoms with Crippen LogP contribution in [0.2, 0.25) is 0 Å². The summed E-state index contributed by atoms with van der Waals surface area (Å²) in [7, 11) is 0. The van der Waals surface area contributed by atoms with E-state index in [9.17, 15) is 4.79 Å². The number of halogens is 1. The van der Waals surface area contributed by atoms with Gasteiger partial charge in [-0.15, -0.1) is 11.6 Å². The molecule has 5 atom stereocenters. The van der Waals surface area contributed by atoms with Gasteiger partial charge >= 0.3 is 6.03 Å². The number of nitrogens with zero attached hydrogens (tertiary/aromatic N) is 1. The van der Waals surface area contributed by atoms with Gasteiger partial charge in [-0.1, -0.05) is 18.1 Å². The van der Waals surface area contributed by atoms with Gasteiger partial charge in [0.15, 0.2) is 0 Å². The van der Waals surface area contributed by atoms with Crippen LogP contribution in [0.1, 0.15) is 33.1 Å². The Labute approximate surface area is 150 Å². The second-order valence-electron chi connectivity index (χ2n) is 7.25. The van der Waals surface area contributed by atoms with Gasteiger partial charge in [0.25, 0.3) is 0 Å². The molecule has 0 aromatic carbocycles. The lowest BCUT2D eigenvalue weighted by Crippen LogP contribution is -2.50. The summed E-state index contributed by atoms with van der Waals surface area (Å²) in [6.07, 6.45) is 5.92. The lowest BCUT2D eigenvalue weighted by molar-refractivity contribution is 0.200. The van der Waals surface area contributed by atoms with Gasteiger partial charge in [-0.05, 0) is 38.5 Å². The first-order valence-corrected chi connectivity index (χ1v) is 9.91. The Kier molecular flexibility index (Phi) is 6.06. The van der Waals surface area contributed by atoms with Gasteiger partial charge in [0, 0.05) is 44.1 Å². The van der Waals surface area contributed by atoms with E-state index < -0.39 is 0 Å². The van der Waals surface area contributed by atoms with Crippen molar-refractivity contribution < 1.29 is 4.79 Å². The SMILES string of the molecule is CCN(CC)C(=O)N[C@H]1C=C(C2CNC3C(Cl)CCCC23)CNC1. The van der Waals surface area contributed by atoms with Gasteiger partial charge in [-0.3, -0.25) is 0 Å². The second kappa shape index (κ2) is 8.07. The van der Waals surface area contributed by atoms with Crippen LogP contribution >= 0.6 is 11.6 Å². The van der Waals surface area contributed by atoms with Crippen molar-refractivity contribution in [1.29, 1.82) is 0 Å². The molecule has 2 amide bonds. The Balaban J connectivity index is 1.65. The van der Waals surface area contributed by atoms with Gasteiger partial charge in [0.05, 0.1) is 6.04 Å². The summed E-state index contributed by atoms with van der Waals surface area (Å²) in [5.74, 6) is 1.20. The molecule has 2 aliphatic heterocycles. The highest BCUT2D eigenvalue weighted by Gasteiger charge is 2.43. The van der Waals surface area contributed by atoms with E-state index in [-0.39, 0.29) is 17.5 Å². The Bertz CT molecular complexity index is 480. The molecule has 6 heteroatoms. The summed E-state index contributed by atoms with van der Waals surface area (Å²) in [4.78, 5) is 14.1. The predicted molar refractivity (Wildman–Crippen MR) is 98.5 cm³/mol. The fourth-order valence-corrected chi connectivity index (χ4v) is 5.01. The molecule has 2 fully saturated rings. The van der Waals surface area contributed by atoms with Crippen molar-refractivity contribution in [3.05, 3.63) is 11.6 Å². The first-order chi connectivity index (χ1) is 11.6. The number of urea groups is 1. The minimum atomic E-state index is 0.0326. The van der Waals surface area contributed by atoms with Gasteiger partial charge < -0.3 is 20.9 Å². The highest BCUT2D eigenvalue weighted by atomic mass is 35.5. The van der Waals surface area contributed by atoms with Crippen LogP contribution in [0.15, 0.2) is 11.6 Å². The predicted octanol–water partition coefficient (Wildman–Crippen LogP) is 1.93. The largest absolute Gasteiger partial charge is 0.330 e. The Morgan fingerprint density at radius 3 is 2.88 bits per heavy atom. The third kappa shape index (κ3) is 3.73. The number of amides is 2. The molecule has 0 bridgehead atoms. The number of carbonyl (C=O) groups is 1. The average molecular weight is 355 g/mol. The zero-order valence-electron chi connectivity index (χ0n) is 14.9. The molecule has 5 nitrogen and oxygen atoms in total. The van der Waals surface area contributed by atoms with Crippen molar-refractivity contribution >= 4 is 17.6 Å². The fourth-order valence-electron chi connectivity index (χ4n) is 4.58. The summed E-state index contributed by atoms with van der Waals surface area (Å²) >= 11 is 6.53. The molecule has 24 heavy (non-hydrogen) atoms. The molecule has 1 saturated heterocycles. The summed E-state index contributed by atoms with van der Waals surface area (Å²) in [5, 5.41) is 10.6. The van der Waals surface area contributed by atoms with E-state index in [1.165, 1.54) is 18.4 Å². The highest BCUT2D eigenvalue weighted by Crippen LogP contribution is 2.40. The fraction of sp³-hybridized carbons (Fsp3) is 0.833. The molecule has 0 aromatic heterocycles. The summed E-state index contributed by atoms with van der Waals surface area (Å²) in [6.45, 7) is 8.27. The highest BCUT2D eigenvalue weighted by molar-refractivity contribution is 6.21. The van der Waals surface area contributed by atoms with E-state index in [1.54, 1.807) is 0 Å². The quantitative estimate of drug-likeness (QED) is 0.534. The Morgan fingerprint density at radius 1 is 1.33 bits per heavy atom. The van der Waals surface area contributed by atoms with Gasteiger partial charge in [0.1, 0.15) is 0 Å². The van der Waals surface area contributed by atoms with E-state index in [0.29, 0.717) is 17.9 Å². The number of hydrogen-bond acceptors (Lipinski definition) is 3. The number of carbonyl (C=O) groups excluding carboxylic acids is 1. The zero-order chi connectivity index (χ0) is 17.1. The lowest BCUT2D eigenvalue weighted by atomic mass is 9.76. The molecule has 4 unspecified atom stereocenters. The molecule has 3 N–H and O–H groups in total. The number of rotatable bonds is 4. The van der Waals surface area contributed by atoms with Crippen LogP contribution in [0.4, 0.5) is 4.79 Å². The molecule has 0 spiro atoms. The lowest BCUT2D eigenvalue weighted by Gasteiger charge is -2.35. The Morgan fingerprint density at radius 2 is 2.12 bits per heavy atom. The molecule has 1 saturated carbocycles. The molecule has 2 heterocycles. The van der Waals surface area contributed by atoms with Crippen LogP contribution in [0.5, 0.6) is 0 Å². The van der Waals surface area contributed by atoms with Crippen LogP contribution < -0.4 is 16.0 Å². The van der Waals surface area contributed by atoms with Crippen LogP contribution in [-0.4, -0.2) is 61.1 Å². The van der Waals surface area contributed by atoms with Gasteiger partial charge in [-0.2, -0.15) is 0 Å². The first-order valence-electron chi connectivity index (χ1n) is 9.48. The maximum Gasteiger partial charge on any atom is 0.317 e. The number of alkyl halides is 1. The van der Waals surface area contributed by atoms with E-state index >= 15 is 0 Å². The summed E-state index contributed by atoms with van der Waals surface area (Å²) in [6, 6.07) is 0.568. The molecule has 0 radical (unpaired) electrons. The van der Waals surface area contributed by atoms with Gasteiger partial charge in [0.2, 0.25) is 0 Å². The maximum absolute atomic E-state index is 12.3. The first kappa shape index (κ1) is 18.0. The van der Waals surface area contributed by atoms with E-state index in [1.807, 2.05) is 18.7 Å². The minimum Gasteiger partial charge on any atom is -0.330 e. The molecule has 0 aromatic rings. The van der Waals surface area contributed by atoms with Crippen molar-refractivity contribution in [2.75, 3.05) is 32.7 Å². The summed E-state index contributed by atoms with van der Waals surface area (Å²) < 4.78 is 0. The van der Waals surface area contributed by atoms with E-state index in [4.69, 9.17) is 11.6 Å². The maximum atomic E-state index is 12.3. The average Bonchev–Trinajstić information content (AvgIpc) is 3.02. The van der Waals surface area contributed by atoms with Crippen molar-refractivity contribution in [3.63, 3.8) is 0 Å². The third-order valence-corrected chi connectivity index (χ3v) is 6.39. The van der Waals surface area contributed by atoms with Crippen molar-refractivity contribution in [2.24, 2.45) is 11.8 Å². The van der Waals surface area contributed by atoms with Crippen molar-refractivity contribution in [1.82, 2.24) is 20.9 Å². The van der Waals surface area contributed by atoms with Crippen LogP contribution in [-0.2, 0) is 0 Å². The molecular weight excluding hydrogens is 324 g/mol. The number of fused-ring (bicyclic) bond motifs is 1. The topological polar surface area (TPSA) is 56.4 Å². The minimum absolute atomic E-state index is 0.0326. The molecule has 3 rings (SSSR count). The normalized spacial score (nSPS) is 36.0. The van der Waals surface area contributed by atoms with Crippen LogP contribution in [0, 0.1) is 11.8 Å². The van der Waals surface area contributed by atoms with Crippen molar-refractivity contribution in [3.8, 4) is 0 Å². The van der Waals surface area contributed by atoms with E-state index in [2.05, 4.69) is 22.0 Å². The molecule has 136 valence electrons. The monoisotopic (exact) mass is 354 g/mol. The smallest absolute Gasteiger partial charge is 0.317 e. The van der Waals surface area contributed by atoms with Crippen LogP contribution in [0.25, 0.3) is 0 Å². The third-order valence-electron chi connectivity index (χ3n) is 5.90. The van der Waals surface area contributed by atoms with Crippen LogP contribution in [0.3, 0.4) is 0 Å². The standard InChI is InChI=1S/C18H31ClN4O/c1-3-23(4-2)18(24)22-13-8-12(9-20-10-13)15-11-21-17-14(15)6-5-7-16(17)19/h8,13-17,20-21H,3-7,9-11H2,1-2H3,(H,22,24)/t13-,14?,15?,16?,17?/m0/s1. The molecular formula is C18H31ClN4O. The molecule has 1 aliphatic carbocycles. The summed E-state index contributed by atoms with van der Waals surface area (Å²) in [5.41, 5.74) is 1.44.